The Labute approximate surface area is 64.8 Å². The monoisotopic (exact) mass is 157 g/mol. The molecule has 0 saturated carbocycles. The molecule has 0 aromatic carbocycles. The van der Waals surface area contributed by atoms with E-state index in [0.717, 1.165) is 6.42 Å². The van der Waals surface area contributed by atoms with Gasteiger partial charge in [0.05, 0.1) is 6.42 Å². The number of rotatable bonds is 3. The van der Waals surface area contributed by atoms with E-state index in [1.165, 1.54) is 4.90 Å². The largest absolute Gasteiger partial charge is 0.480 e. The molecule has 1 rings (SSSR count). The molecule has 0 aromatic heterocycles. The Balaban J connectivity index is 2.47. The van der Waals surface area contributed by atoms with Gasteiger partial charge in [0, 0.05) is 6.54 Å². The highest BCUT2D eigenvalue weighted by molar-refractivity contribution is 5.94. The summed E-state index contributed by atoms with van der Waals surface area (Å²) in [6.45, 7) is 2.49. The van der Waals surface area contributed by atoms with E-state index < -0.39 is 12.0 Å². The van der Waals surface area contributed by atoms with Gasteiger partial charge in [-0.25, -0.2) is 4.79 Å². The van der Waals surface area contributed by atoms with Crippen molar-refractivity contribution in [2.45, 2.75) is 25.8 Å². The standard InChI is InChI=1S/C7H11NO3/c1-2-3-8-5(7(10)11)4-6(8)9/h5H,2-4H2,1H3,(H,10,11)/t5-/m0/s1. The fourth-order valence-corrected chi connectivity index (χ4v) is 1.20. The molecule has 1 aliphatic heterocycles. The van der Waals surface area contributed by atoms with Crippen molar-refractivity contribution < 1.29 is 14.7 Å². The van der Waals surface area contributed by atoms with Gasteiger partial charge in [0.25, 0.3) is 0 Å². The first-order valence-corrected chi connectivity index (χ1v) is 3.69. The van der Waals surface area contributed by atoms with Gasteiger partial charge >= 0.3 is 5.97 Å². The maximum absolute atomic E-state index is 10.8. The van der Waals surface area contributed by atoms with Crippen molar-refractivity contribution >= 4 is 11.9 Å². The van der Waals surface area contributed by atoms with Gasteiger partial charge in [-0.1, -0.05) is 6.92 Å². The van der Waals surface area contributed by atoms with Crippen molar-refractivity contribution in [3.8, 4) is 0 Å². The molecular formula is C7H11NO3. The minimum atomic E-state index is -0.891. The van der Waals surface area contributed by atoms with Crippen LogP contribution in [0.1, 0.15) is 19.8 Å². The summed E-state index contributed by atoms with van der Waals surface area (Å²) in [5.41, 5.74) is 0. The SMILES string of the molecule is CCCN1C(=O)C[C@H]1C(=O)O. The van der Waals surface area contributed by atoms with Gasteiger partial charge < -0.3 is 10.0 Å². The van der Waals surface area contributed by atoms with E-state index in [2.05, 4.69) is 0 Å². The Morgan fingerprint density at radius 2 is 2.45 bits per heavy atom. The van der Waals surface area contributed by atoms with Crippen molar-refractivity contribution in [1.82, 2.24) is 4.90 Å². The quantitative estimate of drug-likeness (QED) is 0.590. The molecule has 0 aliphatic carbocycles. The van der Waals surface area contributed by atoms with Crippen LogP contribution >= 0.6 is 0 Å². The third kappa shape index (κ3) is 1.34. The van der Waals surface area contributed by atoms with Crippen molar-refractivity contribution in [1.29, 1.82) is 0 Å². The Morgan fingerprint density at radius 3 is 2.82 bits per heavy atom. The number of hydrogen-bond donors (Lipinski definition) is 1. The number of β-lactam (4-membered cyclic amide) rings is 1. The fourth-order valence-electron chi connectivity index (χ4n) is 1.20. The fraction of sp³-hybridized carbons (Fsp3) is 0.714. The summed E-state index contributed by atoms with van der Waals surface area (Å²) in [7, 11) is 0. The van der Waals surface area contributed by atoms with E-state index in [1.807, 2.05) is 6.92 Å². The summed E-state index contributed by atoms with van der Waals surface area (Å²) in [4.78, 5) is 22.6. The highest BCUT2D eigenvalue weighted by Crippen LogP contribution is 2.18. The van der Waals surface area contributed by atoms with Gasteiger partial charge in [-0.15, -0.1) is 0 Å². The Morgan fingerprint density at radius 1 is 1.82 bits per heavy atom. The van der Waals surface area contributed by atoms with Crippen molar-refractivity contribution in [3.63, 3.8) is 0 Å². The number of hydrogen-bond acceptors (Lipinski definition) is 2. The molecule has 1 fully saturated rings. The molecular weight excluding hydrogens is 146 g/mol. The number of nitrogens with zero attached hydrogens (tertiary/aromatic N) is 1. The zero-order chi connectivity index (χ0) is 8.43. The molecule has 1 aliphatic rings. The highest BCUT2D eigenvalue weighted by atomic mass is 16.4. The van der Waals surface area contributed by atoms with Crippen LogP contribution < -0.4 is 0 Å². The van der Waals surface area contributed by atoms with Gasteiger partial charge in [0.1, 0.15) is 6.04 Å². The third-order valence-electron chi connectivity index (χ3n) is 1.81. The lowest BCUT2D eigenvalue weighted by Crippen LogP contribution is -2.56. The maximum atomic E-state index is 10.8. The molecule has 4 heteroatoms. The topological polar surface area (TPSA) is 57.6 Å². The maximum Gasteiger partial charge on any atom is 0.326 e. The molecule has 0 unspecified atom stereocenters. The van der Waals surface area contributed by atoms with E-state index in [1.54, 1.807) is 0 Å². The van der Waals surface area contributed by atoms with Crippen LogP contribution in [0.2, 0.25) is 0 Å². The molecule has 4 nitrogen and oxygen atoms in total. The van der Waals surface area contributed by atoms with Gasteiger partial charge in [0.2, 0.25) is 5.91 Å². The number of carbonyl (C=O) groups is 2. The molecule has 62 valence electrons. The second kappa shape index (κ2) is 2.90. The summed E-state index contributed by atoms with van der Waals surface area (Å²) < 4.78 is 0. The number of carboxylic acids is 1. The lowest BCUT2D eigenvalue weighted by atomic mass is 10.0. The smallest absolute Gasteiger partial charge is 0.326 e. The number of carbonyl (C=O) groups excluding carboxylic acids is 1. The van der Waals surface area contributed by atoms with Crippen LogP contribution in [0.25, 0.3) is 0 Å². The van der Waals surface area contributed by atoms with Crippen LogP contribution in [0, 0.1) is 0 Å². The number of carboxylic acid groups (broad SMARTS) is 1. The van der Waals surface area contributed by atoms with Gasteiger partial charge in [-0.2, -0.15) is 0 Å². The molecule has 1 heterocycles. The lowest BCUT2D eigenvalue weighted by molar-refractivity contribution is -0.162. The van der Waals surface area contributed by atoms with Crippen LogP contribution in [0.15, 0.2) is 0 Å². The summed E-state index contributed by atoms with van der Waals surface area (Å²) in [5.74, 6) is -0.933. The average molecular weight is 157 g/mol. The summed E-state index contributed by atoms with van der Waals surface area (Å²) in [6.07, 6.45) is 0.991. The van der Waals surface area contributed by atoms with Crippen LogP contribution in [0.5, 0.6) is 0 Å². The first-order chi connectivity index (χ1) is 5.16. The van der Waals surface area contributed by atoms with E-state index >= 15 is 0 Å². The van der Waals surface area contributed by atoms with Gasteiger partial charge in [-0.3, -0.25) is 4.79 Å². The second-order valence-corrected chi connectivity index (χ2v) is 2.65. The van der Waals surface area contributed by atoms with Gasteiger partial charge in [-0.05, 0) is 6.42 Å². The summed E-state index contributed by atoms with van der Waals surface area (Å²) in [5, 5.41) is 8.55. The minimum Gasteiger partial charge on any atom is -0.480 e. The van der Waals surface area contributed by atoms with Crippen LogP contribution in [-0.2, 0) is 9.59 Å². The van der Waals surface area contributed by atoms with Crippen molar-refractivity contribution in [2.75, 3.05) is 6.54 Å². The van der Waals surface area contributed by atoms with Crippen LogP contribution in [-0.4, -0.2) is 34.5 Å². The Bertz CT molecular complexity index is 190. The van der Waals surface area contributed by atoms with E-state index in [0.29, 0.717) is 6.54 Å². The molecule has 1 N–H and O–H groups in total. The molecule has 1 saturated heterocycles. The molecule has 0 aromatic rings. The Kier molecular flexibility index (Phi) is 2.12. The lowest BCUT2D eigenvalue weighted by Gasteiger charge is -2.37. The molecule has 1 atom stereocenters. The summed E-state index contributed by atoms with van der Waals surface area (Å²) in [6, 6.07) is -0.553. The van der Waals surface area contributed by atoms with Crippen molar-refractivity contribution in [2.24, 2.45) is 0 Å². The summed E-state index contributed by atoms with van der Waals surface area (Å²) >= 11 is 0. The average Bonchev–Trinajstić information content (AvgIpc) is 1.95. The highest BCUT2D eigenvalue weighted by Gasteiger charge is 2.40. The minimum absolute atomic E-state index is 0.0424. The molecule has 0 spiro atoms. The zero-order valence-corrected chi connectivity index (χ0v) is 6.41. The van der Waals surface area contributed by atoms with Crippen LogP contribution in [0.4, 0.5) is 0 Å². The van der Waals surface area contributed by atoms with E-state index in [4.69, 9.17) is 5.11 Å². The number of amides is 1. The first kappa shape index (κ1) is 8.04. The normalized spacial score (nSPS) is 23.2. The third-order valence-corrected chi connectivity index (χ3v) is 1.81. The Hall–Kier alpha value is -1.06. The second-order valence-electron chi connectivity index (χ2n) is 2.65. The van der Waals surface area contributed by atoms with Crippen molar-refractivity contribution in [3.05, 3.63) is 0 Å². The van der Waals surface area contributed by atoms with E-state index in [9.17, 15) is 9.59 Å². The predicted molar refractivity (Wildman–Crippen MR) is 38.0 cm³/mol. The van der Waals surface area contributed by atoms with Gasteiger partial charge in [0.15, 0.2) is 0 Å². The van der Waals surface area contributed by atoms with Crippen LogP contribution in [0.3, 0.4) is 0 Å². The number of aliphatic carboxylic acids is 1. The zero-order valence-electron chi connectivity index (χ0n) is 6.41. The molecule has 0 bridgehead atoms. The predicted octanol–water partition coefficient (Wildman–Crippen LogP) is 0.0819. The molecule has 1 amide bonds. The first-order valence-electron chi connectivity index (χ1n) is 3.69. The van der Waals surface area contributed by atoms with E-state index in [-0.39, 0.29) is 12.3 Å². The molecule has 11 heavy (non-hydrogen) atoms. The molecule has 0 radical (unpaired) electrons. The number of likely N-dealkylation sites (tertiary alicyclic amines) is 1.